The molecule has 130 valence electrons. The standard InChI is InChI=1S/C23H21NO2/c1-25-19-8-6-17(7-9-19)21-12-18-13-26-15-22(18)11-10-16-4-2-3-5-20(16)23(21,22)14-24/h2-11,18,21H,12-13,15H2,1H3/t18-,21+,22+,23+/m1/s1. The monoisotopic (exact) mass is 343 g/mol. The van der Waals surface area contributed by atoms with E-state index in [1.165, 1.54) is 5.56 Å². The Bertz CT molecular complexity index is 926. The fourth-order valence-corrected chi connectivity index (χ4v) is 5.59. The highest BCUT2D eigenvalue weighted by Gasteiger charge is 2.68. The molecule has 26 heavy (non-hydrogen) atoms. The van der Waals surface area contributed by atoms with Crippen LogP contribution in [0.4, 0.5) is 0 Å². The molecule has 0 radical (unpaired) electrons. The van der Waals surface area contributed by atoms with Crippen LogP contribution in [-0.2, 0) is 10.2 Å². The van der Waals surface area contributed by atoms with E-state index in [1.807, 2.05) is 18.2 Å². The van der Waals surface area contributed by atoms with Gasteiger partial charge in [0, 0.05) is 11.3 Å². The average Bonchev–Trinajstić information content (AvgIpc) is 3.22. The highest BCUT2D eigenvalue weighted by atomic mass is 16.5. The van der Waals surface area contributed by atoms with Gasteiger partial charge in [0.05, 0.1) is 26.4 Å². The summed E-state index contributed by atoms with van der Waals surface area (Å²) in [6, 6.07) is 19.4. The van der Waals surface area contributed by atoms with Crippen LogP contribution in [0.5, 0.6) is 5.75 Å². The quantitative estimate of drug-likeness (QED) is 0.816. The maximum atomic E-state index is 10.6. The number of ether oxygens (including phenoxy) is 2. The molecule has 0 unspecified atom stereocenters. The SMILES string of the molecule is COc1ccc([C@@H]2C[C@@H]3COC[C@@]34C=Cc3ccccc3[C@@]24C#N)cc1. The van der Waals surface area contributed by atoms with E-state index in [-0.39, 0.29) is 11.3 Å². The third kappa shape index (κ3) is 1.75. The zero-order chi connectivity index (χ0) is 17.8. The van der Waals surface area contributed by atoms with Crippen LogP contribution < -0.4 is 4.74 Å². The number of nitriles is 1. The highest BCUT2D eigenvalue weighted by molar-refractivity contribution is 5.67. The second-order valence-electron chi connectivity index (χ2n) is 7.65. The Morgan fingerprint density at radius 3 is 2.73 bits per heavy atom. The Labute approximate surface area is 153 Å². The molecule has 1 aliphatic heterocycles. The molecule has 2 aromatic rings. The van der Waals surface area contributed by atoms with Crippen molar-refractivity contribution >= 4 is 6.08 Å². The molecule has 0 aromatic heterocycles. The largest absolute Gasteiger partial charge is 0.497 e. The van der Waals surface area contributed by atoms with Crippen molar-refractivity contribution in [3.8, 4) is 11.8 Å². The van der Waals surface area contributed by atoms with Gasteiger partial charge >= 0.3 is 0 Å². The zero-order valence-electron chi connectivity index (χ0n) is 14.8. The molecule has 2 aromatic carbocycles. The lowest BCUT2D eigenvalue weighted by molar-refractivity contribution is 0.135. The molecule has 3 nitrogen and oxygen atoms in total. The number of hydrogen-bond donors (Lipinski definition) is 0. The fourth-order valence-electron chi connectivity index (χ4n) is 5.59. The summed E-state index contributed by atoms with van der Waals surface area (Å²) in [5.74, 6) is 1.37. The van der Waals surface area contributed by atoms with Crippen molar-refractivity contribution in [1.82, 2.24) is 0 Å². The first kappa shape index (κ1) is 15.7. The van der Waals surface area contributed by atoms with Crippen molar-refractivity contribution in [2.24, 2.45) is 11.3 Å². The van der Waals surface area contributed by atoms with Crippen LogP contribution in [0.25, 0.3) is 6.08 Å². The Morgan fingerprint density at radius 2 is 1.96 bits per heavy atom. The van der Waals surface area contributed by atoms with Gasteiger partial charge in [-0.05, 0) is 41.2 Å². The van der Waals surface area contributed by atoms with Crippen molar-refractivity contribution < 1.29 is 9.47 Å². The number of fused-ring (bicyclic) bond motifs is 2. The van der Waals surface area contributed by atoms with Crippen LogP contribution >= 0.6 is 0 Å². The molecule has 1 saturated carbocycles. The molecule has 2 fully saturated rings. The number of benzene rings is 2. The topological polar surface area (TPSA) is 42.2 Å². The van der Waals surface area contributed by atoms with E-state index >= 15 is 0 Å². The van der Waals surface area contributed by atoms with Gasteiger partial charge in [0.25, 0.3) is 0 Å². The zero-order valence-corrected chi connectivity index (χ0v) is 14.8. The molecule has 0 N–H and O–H groups in total. The third-order valence-corrected chi connectivity index (χ3v) is 6.81. The van der Waals surface area contributed by atoms with Crippen LogP contribution in [-0.4, -0.2) is 20.3 Å². The summed E-state index contributed by atoms with van der Waals surface area (Å²) in [7, 11) is 1.68. The van der Waals surface area contributed by atoms with Crippen molar-refractivity contribution in [3.05, 3.63) is 71.3 Å². The second-order valence-corrected chi connectivity index (χ2v) is 7.65. The number of methoxy groups -OCH3 is 1. The Hall–Kier alpha value is -2.57. The highest BCUT2D eigenvalue weighted by Crippen LogP contribution is 2.68. The third-order valence-electron chi connectivity index (χ3n) is 6.81. The normalized spacial score (nSPS) is 33.8. The van der Waals surface area contributed by atoms with Crippen LogP contribution in [0.1, 0.15) is 29.0 Å². The summed E-state index contributed by atoms with van der Waals surface area (Å²) in [5, 5.41) is 10.6. The Kier molecular flexibility index (Phi) is 3.29. The van der Waals surface area contributed by atoms with E-state index < -0.39 is 5.41 Å². The van der Waals surface area contributed by atoms with E-state index in [1.54, 1.807) is 7.11 Å². The first-order valence-electron chi connectivity index (χ1n) is 9.17. The maximum Gasteiger partial charge on any atom is 0.118 e. The summed E-state index contributed by atoms with van der Waals surface area (Å²) in [5.41, 5.74) is 2.70. The van der Waals surface area contributed by atoms with E-state index in [0.717, 1.165) is 29.9 Å². The molecule has 3 aliphatic rings. The van der Waals surface area contributed by atoms with Gasteiger partial charge in [0.1, 0.15) is 11.2 Å². The summed E-state index contributed by atoms with van der Waals surface area (Å²) >= 11 is 0. The van der Waals surface area contributed by atoms with E-state index in [9.17, 15) is 5.26 Å². The lowest BCUT2D eigenvalue weighted by atomic mass is 9.54. The van der Waals surface area contributed by atoms with E-state index in [2.05, 4.69) is 48.6 Å². The number of hydrogen-bond acceptors (Lipinski definition) is 3. The summed E-state index contributed by atoms with van der Waals surface area (Å²) in [6.07, 6.45) is 5.45. The molecule has 4 atom stereocenters. The van der Waals surface area contributed by atoms with Crippen LogP contribution in [0.2, 0.25) is 0 Å². The van der Waals surface area contributed by atoms with Crippen molar-refractivity contribution in [2.75, 3.05) is 20.3 Å². The van der Waals surface area contributed by atoms with Crippen LogP contribution in [0, 0.1) is 22.7 Å². The van der Waals surface area contributed by atoms with Gasteiger partial charge in [-0.25, -0.2) is 0 Å². The van der Waals surface area contributed by atoms with Crippen molar-refractivity contribution in [2.45, 2.75) is 17.8 Å². The predicted molar refractivity (Wildman–Crippen MR) is 99.9 cm³/mol. The Morgan fingerprint density at radius 1 is 1.15 bits per heavy atom. The molecule has 1 spiro atoms. The van der Waals surface area contributed by atoms with Gasteiger partial charge in [-0.3, -0.25) is 0 Å². The van der Waals surface area contributed by atoms with Crippen molar-refractivity contribution in [3.63, 3.8) is 0 Å². The maximum absolute atomic E-state index is 10.6. The Balaban J connectivity index is 1.75. The van der Waals surface area contributed by atoms with E-state index in [0.29, 0.717) is 12.5 Å². The fraction of sp³-hybridized carbons (Fsp3) is 0.348. The summed E-state index contributed by atoms with van der Waals surface area (Å²) in [4.78, 5) is 0. The lowest BCUT2D eigenvalue weighted by Crippen LogP contribution is -2.47. The van der Waals surface area contributed by atoms with Gasteiger partial charge in [0.2, 0.25) is 0 Å². The molecule has 2 aliphatic carbocycles. The minimum absolute atomic E-state index is 0.151. The first-order chi connectivity index (χ1) is 12.7. The number of nitrogens with zero attached hydrogens (tertiary/aromatic N) is 1. The minimum atomic E-state index is -0.589. The van der Waals surface area contributed by atoms with Gasteiger partial charge in [-0.2, -0.15) is 5.26 Å². The number of rotatable bonds is 2. The second kappa shape index (κ2) is 5.46. The minimum Gasteiger partial charge on any atom is -0.497 e. The molecule has 1 heterocycles. The smallest absolute Gasteiger partial charge is 0.118 e. The summed E-state index contributed by atoms with van der Waals surface area (Å²) in [6.45, 7) is 1.37. The molecular formula is C23H21NO2. The average molecular weight is 343 g/mol. The predicted octanol–water partition coefficient (Wildman–Crippen LogP) is 4.30. The van der Waals surface area contributed by atoms with E-state index in [4.69, 9.17) is 9.47 Å². The molecular weight excluding hydrogens is 322 g/mol. The van der Waals surface area contributed by atoms with Gasteiger partial charge in [-0.15, -0.1) is 0 Å². The summed E-state index contributed by atoms with van der Waals surface area (Å²) < 4.78 is 11.2. The van der Waals surface area contributed by atoms with Gasteiger partial charge in [0.15, 0.2) is 0 Å². The first-order valence-corrected chi connectivity index (χ1v) is 9.17. The van der Waals surface area contributed by atoms with Crippen molar-refractivity contribution in [1.29, 1.82) is 5.26 Å². The molecule has 0 bridgehead atoms. The lowest BCUT2D eigenvalue weighted by Gasteiger charge is -2.45. The van der Waals surface area contributed by atoms with Crippen LogP contribution in [0.3, 0.4) is 0 Å². The molecule has 5 rings (SSSR count). The molecule has 0 amide bonds. The van der Waals surface area contributed by atoms with Gasteiger partial charge < -0.3 is 9.47 Å². The molecule has 1 saturated heterocycles. The van der Waals surface area contributed by atoms with Crippen LogP contribution in [0.15, 0.2) is 54.6 Å². The molecule has 3 heteroatoms. The van der Waals surface area contributed by atoms with Gasteiger partial charge in [-0.1, -0.05) is 48.6 Å².